The minimum absolute atomic E-state index is 0.0646. The summed E-state index contributed by atoms with van der Waals surface area (Å²) in [5.74, 6) is 5.85. The molecule has 1 saturated heterocycles. The summed E-state index contributed by atoms with van der Waals surface area (Å²) in [4.78, 5) is 31.4. The Morgan fingerprint density at radius 1 is 1.38 bits per heavy atom. The Morgan fingerprint density at radius 3 is 2.74 bits per heavy atom. The van der Waals surface area contributed by atoms with E-state index in [2.05, 4.69) is 44.1 Å². The van der Waals surface area contributed by atoms with Crippen LogP contribution in [0.3, 0.4) is 0 Å². The highest BCUT2D eigenvalue weighted by Crippen LogP contribution is 2.40. The molecule has 2 radical (unpaired) electrons. The Morgan fingerprint density at radius 2 is 2.13 bits per heavy atom. The monoisotopic (exact) mass is 546 g/mol. The number of halogens is 1. The molecule has 5 rings (SSSR count). The van der Waals surface area contributed by atoms with Crippen LogP contribution in [0.15, 0.2) is 24.8 Å². The number of primary amides is 1. The van der Waals surface area contributed by atoms with Crippen molar-refractivity contribution in [2.24, 2.45) is 12.8 Å². The molecule has 10 nitrogen and oxygen atoms in total. The number of anilines is 1. The van der Waals surface area contributed by atoms with Crippen LogP contribution in [0.4, 0.5) is 10.2 Å². The zero-order valence-electron chi connectivity index (χ0n) is 22.0. The number of aryl methyl sites for hydroxylation is 1. The number of hydrogen-bond acceptors (Lipinski definition) is 6. The van der Waals surface area contributed by atoms with E-state index in [1.165, 1.54) is 12.1 Å². The van der Waals surface area contributed by atoms with Crippen molar-refractivity contribution in [3.8, 4) is 11.8 Å². The predicted molar refractivity (Wildman–Crippen MR) is 145 cm³/mol. The minimum atomic E-state index is -0.901. The van der Waals surface area contributed by atoms with E-state index < -0.39 is 16.9 Å². The number of fused-ring (bicyclic) bond motifs is 1. The van der Waals surface area contributed by atoms with Gasteiger partial charge in [0.2, 0.25) is 5.91 Å². The van der Waals surface area contributed by atoms with Gasteiger partial charge in [0.15, 0.2) is 5.69 Å². The normalized spacial score (nSPS) is 20.6. The van der Waals surface area contributed by atoms with Gasteiger partial charge < -0.3 is 35.5 Å². The number of likely N-dealkylation sites (tertiary alicyclic amines) is 1. The summed E-state index contributed by atoms with van der Waals surface area (Å²) < 4.78 is 23.9. The highest BCUT2D eigenvalue weighted by atomic mass is 28.1. The van der Waals surface area contributed by atoms with Crippen LogP contribution in [-0.2, 0) is 21.7 Å². The van der Waals surface area contributed by atoms with Crippen LogP contribution >= 0.6 is 0 Å². The number of nitrogens with two attached hydrogens (primary N) is 1. The number of ether oxygens (including phenoxy) is 1. The van der Waals surface area contributed by atoms with Crippen LogP contribution < -0.4 is 11.1 Å². The largest absolute Gasteiger partial charge is 0.630 e. The molecule has 12 heteroatoms. The van der Waals surface area contributed by atoms with Crippen LogP contribution in [0.5, 0.6) is 0 Å². The number of hydrogen-bond donors (Lipinski definition) is 2. The highest BCUT2D eigenvalue weighted by molar-refractivity contribution is 6.15. The lowest BCUT2D eigenvalue weighted by Gasteiger charge is -2.39. The first kappa shape index (κ1) is 26.6. The van der Waals surface area contributed by atoms with Crippen molar-refractivity contribution in [1.29, 1.82) is 0 Å². The number of nitrogens with one attached hydrogen (secondary N) is 1. The Balaban J connectivity index is 1.57. The molecule has 1 aliphatic heterocycles. The SMILES string of the molecule is C=CC(=O)N1C[C@@]([Si-])(n2nc(C#Cc3cc4nc(C5CC5)n(C)c4cc3F)c(C(N)=O)c2NC)C[C@@H]1COC. The number of methoxy groups -OCH3 is 1. The number of carbonyl (C=O) groups is 2. The maximum Gasteiger partial charge on any atom is 0.255 e. The fraction of sp³-hybridized carbons (Fsp3) is 0.407. The van der Waals surface area contributed by atoms with E-state index in [1.54, 1.807) is 29.8 Å². The van der Waals surface area contributed by atoms with E-state index in [0.717, 1.165) is 18.7 Å². The first-order valence-electron chi connectivity index (χ1n) is 12.6. The molecule has 2 amide bonds. The molecule has 2 aromatic heterocycles. The zero-order valence-corrected chi connectivity index (χ0v) is 23.0. The third-order valence-corrected chi connectivity index (χ3v) is 7.87. The van der Waals surface area contributed by atoms with Crippen molar-refractivity contribution < 1.29 is 18.7 Å². The van der Waals surface area contributed by atoms with E-state index in [4.69, 9.17) is 10.5 Å². The second-order valence-corrected chi connectivity index (χ2v) is 10.9. The van der Waals surface area contributed by atoms with E-state index in [0.29, 0.717) is 35.8 Å². The lowest BCUT2D eigenvalue weighted by atomic mass is 10.1. The van der Waals surface area contributed by atoms with Crippen molar-refractivity contribution in [3.05, 3.63) is 53.3 Å². The van der Waals surface area contributed by atoms with Gasteiger partial charge in [0.1, 0.15) is 23.0 Å². The van der Waals surface area contributed by atoms with Crippen LogP contribution in [0.2, 0.25) is 0 Å². The van der Waals surface area contributed by atoms with E-state index in [1.807, 2.05) is 11.6 Å². The van der Waals surface area contributed by atoms with E-state index in [-0.39, 0.29) is 35.3 Å². The summed E-state index contributed by atoms with van der Waals surface area (Å²) in [6.45, 7) is 4.12. The van der Waals surface area contributed by atoms with Gasteiger partial charge in [-0.1, -0.05) is 12.5 Å². The van der Waals surface area contributed by atoms with Gasteiger partial charge in [-0.25, -0.2) is 9.37 Å². The van der Waals surface area contributed by atoms with Gasteiger partial charge in [0.05, 0.1) is 29.2 Å². The predicted octanol–water partition coefficient (Wildman–Crippen LogP) is 1.58. The molecule has 1 saturated carbocycles. The molecule has 1 aliphatic carbocycles. The van der Waals surface area contributed by atoms with Gasteiger partial charge in [-0.15, -0.1) is 5.16 Å². The summed E-state index contributed by atoms with van der Waals surface area (Å²) in [5.41, 5.74) is 7.38. The Kier molecular flexibility index (Phi) is 6.82. The summed E-state index contributed by atoms with van der Waals surface area (Å²) in [6.07, 6.45) is 3.83. The maximum atomic E-state index is 15.1. The first-order chi connectivity index (χ1) is 18.6. The molecule has 2 atom stereocenters. The number of benzene rings is 1. The fourth-order valence-corrected chi connectivity index (χ4v) is 5.85. The number of rotatable bonds is 7. The zero-order chi connectivity index (χ0) is 28.1. The molecule has 202 valence electrons. The molecule has 0 spiro atoms. The molecule has 0 unspecified atom stereocenters. The van der Waals surface area contributed by atoms with Gasteiger partial charge in [-0.05, 0) is 37.3 Å². The summed E-state index contributed by atoms with van der Waals surface area (Å²) in [7, 11) is 8.90. The molecule has 1 aromatic carbocycles. The molecular weight excluding hydrogens is 517 g/mol. The number of aromatic nitrogens is 4. The average Bonchev–Trinajstić information content (AvgIpc) is 3.48. The molecular formula is C27H29FN7O3Si-. The van der Waals surface area contributed by atoms with Gasteiger partial charge in [0, 0.05) is 39.7 Å². The fourth-order valence-electron chi connectivity index (χ4n) is 5.29. The molecule has 3 aromatic rings. The second kappa shape index (κ2) is 9.98. The van der Waals surface area contributed by atoms with Crippen molar-refractivity contribution in [2.75, 3.05) is 32.6 Å². The number of carbonyl (C=O) groups excluding carboxylic acids is 2. The van der Waals surface area contributed by atoms with Gasteiger partial charge >= 0.3 is 0 Å². The summed E-state index contributed by atoms with van der Waals surface area (Å²) >= 11 is 0. The van der Waals surface area contributed by atoms with Gasteiger partial charge in [0.25, 0.3) is 5.91 Å². The van der Waals surface area contributed by atoms with Crippen molar-refractivity contribution >= 4 is 38.9 Å². The highest BCUT2D eigenvalue weighted by Gasteiger charge is 2.39. The molecule has 3 N–H and O–H groups in total. The van der Waals surface area contributed by atoms with Crippen LogP contribution in [0, 0.1) is 17.7 Å². The Bertz CT molecular complexity index is 1560. The van der Waals surface area contributed by atoms with Gasteiger partial charge in [-0.3, -0.25) is 14.3 Å². The molecule has 2 fully saturated rings. The lowest BCUT2D eigenvalue weighted by Crippen LogP contribution is -2.41. The van der Waals surface area contributed by atoms with Crippen molar-refractivity contribution in [3.63, 3.8) is 0 Å². The lowest BCUT2D eigenvalue weighted by molar-refractivity contribution is -0.127. The van der Waals surface area contributed by atoms with Crippen LogP contribution in [0.25, 0.3) is 11.0 Å². The van der Waals surface area contributed by atoms with Crippen molar-refractivity contribution in [1.82, 2.24) is 24.2 Å². The Labute approximate surface area is 228 Å². The summed E-state index contributed by atoms with van der Waals surface area (Å²) in [5, 5.41) is 6.70. The maximum absolute atomic E-state index is 15.1. The van der Waals surface area contributed by atoms with Crippen LogP contribution in [0.1, 0.15) is 52.6 Å². The van der Waals surface area contributed by atoms with Crippen molar-refractivity contribution in [2.45, 2.75) is 36.4 Å². The summed E-state index contributed by atoms with van der Waals surface area (Å²) in [6, 6.07) is 2.77. The quantitative estimate of drug-likeness (QED) is 0.264. The third-order valence-electron chi connectivity index (χ3n) is 7.30. The minimum Gasteiger partial charge on any atom is -0.630 e. The van der Waals surface area contributed by atoms with Crippen LogP contribution in [-0.4, -0.2) is 79.6 Å². The molecule has 2 aliphatic rings. The van der Waals surface area contributed by atoms with E-state index >= 15 is 4.39 Å². The molecule has 3 heterocycles. The first-order valence-corrected chi connectivity index (χ1v) is 13.1. The van der Waals surface area contributed by atoms with E-state index in [9.17, 15) is 9.59 Å². The molecule has 39 heavy (non-hydrogen) atoms. The second-order valence-electron chi connectivity index (χ2n) is 9.99. The standard InChI is InChI=1S/C27H29FN7O3Si/c1-5-22(36)34-14-27(39,12-17(34)13-38-4)35-26(30-2)23(24(29)37)19(32-35)9-8-16-10-20-21(11-18(16)28)33(3)25(31-20)15-6-7-15/h5,10-11,15,17,30H,1,6-7,12-14H2,2-4H3,(H2,29,37)/q-1/t17-,27-/m1/s1. The Hall–Kier alpha value is -3.95. The number of imidazole rings is 1. The molecule has 0 bridgehead atoms. The third kappa shape index (κ3) is 4.61. The number of nitrogens with zero attached hydrogens (tertiary/aromatic N) is 5. The average molecular weight is 547 g/mol. The smallest absolute Gasteiger partial charge is 0.255 e. The number of amides is 2. The topological polar surface area (TPSA) is 120 Å². The van der Waals surface area contributed by atoms with Gasteiger partial charge in [-0.2, -0.15) is 5.10 Å².